The van der Waals surface area contributed by atoms with Crippen molar-refractivity contribution < 1.29 is 5.11 Å². The fourth-order valence-corrected chi connectivity index (χ4v) is 6.42. The lowest BCUT2D eigenvalue weighted by Gasteiger charge is -2.49. The van der Waals surface area contributed by atoms with Gasteiger partial charge in [0.05, 0.1) is 11.6 Å². The summed E-state index contributed by atoms with van der Waals surface area (Å²) in [5, 5.41) is 19.5. The summed E-state index contributed by atoms with van der Waals surface area (Å²) in [6.45, 7) is 10.9. The summed E-state index contributed by atoms with van der Waals surface area (Å²) in [7, 11) is 1.70. The Kier molecular flexibility index (Phi) is 8.50. The molecule has 2 fully saturated rings. The van der Waals surface area contributed by atoms with Crippen molar-refractivity contribution in [3.63, 3.8) is 0 Å². The summed E-state index contributed by atoms with van der Waals surface area (Å²) >= 11 is 0. The Balaban J connectivity index is 1.38. The first kappa shape index (κ1) is 28.2. The minimum absolute atomic E-state index is 0.158. The summed E-state index contributed by atoms with van der Waals surface area (Å²) in [5.41, 5.74) is 3.87. The van der Waals surface area contributed by atoms with E-state index in [9.17, 15) is 15.2 Å². The molecule has 2 saturated heterocycles. The number of β-amino-alcohol motifs (C(OH)–C–C–N with tert-alkyl or cyclic N) is 1. The second-order valence-electron chi connectivity index (χ2n) is 11.4. The van der Waals surface area contributed by atoms with E-state index in [-0.39, 0.29) is 29.9 Å². The largest absolute Gasteiger partial charge is 0.392 e. The van der Waals surface area contributed by atoms with Crippen LogP contribution < -0.4 is 10.6 Å². The second kappa shape index (κ2) is 12.0. The van der Waals surface area contributed by atoms with E-state index < -0.39 is 0 Å². The zero-order valence-corrected chi connectivity index (χ0v) is 24.1. The molecule has 4 heterocycles. The number of likely N-dealkylation sites (tertiary alicyclic amines) is 1. The zero-order valence-electron chi connectivity index (χ0n) is 24.1. The van der Waals surface area contributed by atoms with E-state index in [4.69, 9.17) is 0 Å². The number of hydrogen-bond donors (Lipinski definition) is 1. The van der Waals surface area contributed by atoms with E-state index >= 15 is 0 Å². The smallest absolute Gasteiger partial charge is 0.349 e. The van der Waals surface area contributed by atoms with Crippen LogP contribution in [0.1, 0.15) is 69.3 Å². The minimum atomic E-state index is -0.313. The first-order chi connectivity index (χ1) is 19.3. The Morgan fingerprint density at radius 3 is 2.48 bits per heavy atom. The van der Waals surface area contributed by atoms with Gasteiger partial charge >= 0.3 is 5.69 Å². The lowest BCUT2D eigenvalue weighted by Crippen LogP contribution is -2.59. The summed E-state index contributed by atoms with van der Waals surface area (Å²) in [5.74, 6) is 0.583. The zero-order chi connectivity index (χ0) is 28.4. The number of piperidine rings is 1. The molecular weight excluding hydrogens is 502 g/mol. The minimum Gasteiger partial charge on any atom is -0.392 e. The number of nitrogens with zero attached hydrogens (tertiary/aromatic N) is 7. The van der Waals surface area contributed by atoms with Gasteiger partial charge in [-0.3, -0.25) is 14.4 Å². The maximum atomic E-state index is 12.8. The maximum Gasteiger partial charge on any atom is 0.349 e. The van der Waals surface area contributed by atoms with Crippen LogP contribution in [-0.2, 0) is 13.6 Å². The van der Waals surface area contributed by atoms with Gasteiger partial charge in [-0.25, -0.2) is 9.78 Å². The molecule has 0 saturated carbocycles. The lowest BCUT2D eigenvalue weighted by atomic mass is 9.96. The molecule has 0 bridgehead atoms. The van der Waals surface area contributed by atoms with Crippen molar-refractivity contribution in [2.45, 2.75) is 77.2 Å². The number of pyridine rings is 1. The van der Waals surface area contributed by atoms with Gasteiger partial charge in [0.25, 0.3) is 0 Å². The van der Waals surface area contributed by atoms with Crippen molar-refractivity contribution in [3.05, 3.63) is 63.7 Å². The lowest BCUT2D eigenvalue weighted by molar-refractivity contribution is 0.0668. The predicted octanol–water partition coefficient (Wildman–Crippen LogP) is 3.60. The van der Waals surface area contributed by atoms with Gasteiger partial charge in [-0.2, -0.15) is 10.2 Å². The maximum absolute atomic E-state index is 12.8. The quantitative estimate of drug-likeness (QED) is 0.483. The van der Waals surface area contributed by atoms with Crippen molar-refractivity contribution in [2.75, 3.05) is 31.1 Å². The van der Waals surface area contributed by atoms with Crippen molar-refractivity contribution in [3.8, 4) is 6.07 Å². The van der Waals surface area contributed by atoms with Crippen LogP contribution in [-0.4, -0.2) is 73.8 Å². The van der Waals surface area contributed by atoms with Gasteiger partial charge in [0.15, 0.2) is 5.82 Å². The van der Waals surface area contributed by atoms with Gasteiger partial charge in [0.1, 0.15) is 17.3 Å². The average molecular weight is 544 g/mol. The summed E-state index contributed by atoms with van der Waals surface area (Å²) in [6.07, 6.45) is 3.61. The average Bonchev–Trinajstić information content (AvgIpc) is 2.98. The Bertz CT molecular complexity index is 1430. The van der Waals surface area contributed by atoms with Crippen LogP contribution in [0.2, 0.25) is 0 Å². The van der Waals surface area contributed by atoms with E-state index in [2.05, 4.69) is 75.8 Å². The fourth-order valence-electron chi connectivity index (χ4n) is 6.42. The van der Waals surface area contributed by atoms with Crippen LogP contribution in [0, 0.1) is 11.3 Å². The highest BCUT2D eigenvalue weighted by atomic mass is 16.3. The molecule has 0 radical (unpaired) electrons. The van der Waals surface area contributed by atoms with E-state index in [0.29, 0.717) is 22.5 Å². The number of hydrogen-bond acceptors (Lipinski definition) is 8. The monoisotopic (exact) mass is 543 g/mol. The molecule has 9 nitrogen and oxygen atoms in total. The molecule has 5 rings (SSSR count). The van der Waals surface area contributed by atoms with Gasteiger partial charge in [-0.1, -0.05) is 38.1 Å². The molecule has 212 valence electrons. The van der Waals surface area contributed by atoms with Gasteiger partial charge in [0, 0.05) is 51.4 Å². The molecule has 2 aliphatic rings. The first-order valence-electron chi connectivity index (χ1n) is 14.6. The topological polar surface area (TPSA) is 102 Å². The molecule has 4 atom stereocenters. The molecular formula is C31H41N7O2. The number of benzene rings is 1. The Morgan fingerprint density at radius 2 is 1.80 bits per heavy atom. The van der Waals surface area contributed by atoms with Crippen LogP contribution in [0.4, 0.5) is 5.82 Å². The van der Waals surface area contributed by atoms with Gasteiger partial charge in [0.2, 0.25) is 0 Å². The van der Waals surface area contributed by atoms with Crippen molar-refractivity contribution in [2.24, 2.45) is 7.05 Å². The third kappa shape index (κ3) is 5.62. The van der Waals surface area contributed by atoms with Crippen molar-refractivity contribution in [1.82, 2.24) is 24.3 Å². The van der Waals surface area contributed by atoms with E-state index in [1.807, 2.05) is 0 Å². The first-order valence-corrected chi connectivity index (χ1v) is 14.6. The number of aryl methyl sites for hydroxylation is 1. The Morgan fingerprint density at radius 1 is 1.05 bits per heavy atom. The normalized spacial score (nSPS) is 23.3. The number of aliphatic hydroxyl groups excluding tert-OH is 1. The molecule has 3 aromatic rings. The van der Waals surface area contributed by atoms with Gasteiger partial charge in [-0.05, 0) is 62.4 Å². The second-order valence-corrected chi connectivity index (χ2v) is 11.4. The third-order valence-corrected chi connectivity index (χ3v) is 8.85. The molecule has 2 aliphatic heterocycles. The molecule has 0 amide bonds. The highest BCUT2D eigenvalue weighted by Crippen LogP contribution is 2.33. The van der Waals surface area contributed by atoms with Gasteiger partial charge in [-0.15, -0.1) is 0 Å². The summed E-state index contributed by atoms with van der Waals surface area (Å²) < 4.78 is 1.50. The van der Waals surface area contributed by atoms with Crippen LogP contribution in [0.3, 0.4) is 0 Å². The van der Waals surface area contributed by atoms with Gasteiger partial charge < -0.3 is 10.0 Å². The third-order valence-electron chi connectivity index (χ3n) is 8.85. The predicted molar refractivity (Wildman–Crippen MR) is 157 cm³/mol. The van der Waals surface area contributed by atoms with E-state index in [0.717, 1.165) is 58.4 Å². The van der Waals surface area contributed by atoms with E-state index in [1.165, 1.54) is 15.7 Å². The molecule has 40 heavy (non-hydrogen) atoms. The van der Waals surface area contributed by atoms with Crippen molar-refractivity contribution in [1.29, 1.82) is 5.26 Å². The fraction of sp³-hybridized carbons (Fsp3) is 0.548. The number of rotatable bonds is 7. The highest BCUT2D eigenvalue weighted by molar-refractivity contribution is 5.86. The van der Waals surface area contributed by atoms with E-state index in [1.54, 1.807) is 19.2 Å². The van der Waals surface area contributed by atoms with Crippen molar-refractivity contribution >= 4 is 16.9 Å². The SMILES string of the molecule is CCC1CN(C(C)c2ccc(CN3CCCC(O)C3)cc2)[C@H](CC)CN1c1nc(=O)n(C)c2ccc(C#N)nc12. The number of aromatic nitrogens is 3. The molecule has 3 unspecified atom stereocenters. The molecule has 0 aliphatic carbocycles. The molecule has 9 heteroatoms. The summed E-state index contributed by atoms with van der Waals surface area (Å²) in [4.78, 5) is 29.1. The number of anilines is 1. The molecule has 1 aromatic carbocycles. The number of fused-ring (bicyclic) bond motifs is 1. The highest BCUT2D eigenvalue weighted by Gasteiger charge is 2.37. The summed E-state index contributed by atoms with van der Waals surface area (Å²) in [6, 6.07) is 15.2. The Labute approximate surface area is 236 Å². The number of aliphatic hydroxyl groups is 1. The van der Waals surface area contributed by atoms with Crippen LogP contribution >= 0.6 is 0 Å². The molecule has 2 aromatic heterocycles. The molecule has 0 spiro atoms. The van der Waals surface area contributed by atoms with Crippen LogP contribution in [0.25, 0.3) is 11.0 Å². The standard InChI is InChI=1S/C31H41N7O2/c1-5-25-19-38(30-29-28(35(4)31(40)34-30)14-13-24(16-32)33-29)26(6-2)18-37(25)21(3)23-11-9-22(10-12-23)17-36-15-7-8-27(39)20-36/h9-14,21,25-27,39H,5-8,15,17-20H2,1-4H3/t21?,25-,26?,27?/m1/s1. The molecule has 1 N–H and O–H groups in total. The number of piperazine rings is 1. The van der Waals surface area contributed by atoms with Crippen LogP contribution in [0.15, 0.2) is 41.2 Å². The number of nitriles is 1. The van der Waals surface area contributed by atoms with Crippen LogP contribution in [0.5, 0.6) is 0 Å². The Hall–Kier alpha value is -3.32.